The van der Waals surface area contributed by atoms with E-state index < -0.39 is 6.10 Å². The fourth-order valence-corrected chi connectivity index (χ4v) is 3.63. The number of rotatable bonds is 2. The molecule has 2 aliphatic rings. The van der Waals surface area contributed by atoms with Crippen molar-refractivity contribution in [3.63, 3.8) is 0 Å². The number of carbonyl (C=O) groups excluding carboxylic acids is 1. The molecule has 0 aliphatic carbocycles. The first-order chi connectivity index (χ1) is 9.63. The minimum absolute atomic E-state index is 0.212. The van der Waals surface area contributed by atoms with Crippen LogP contribution in [0.3, 0.4) is 0 Å². The third-order valence-corrected chi connectivity index (χ3v) is 4.89. The van der Waals surface area contributed by atoms with Crippen LogP contribution in [0.2, 0.25) is 0 Å². The smallest absolute Gasteiger partial charge is 0.227 e. The maximum atomic E-state index is 12.3. The molecule has 20 heavy (non-hydrogen) atoms. The molecule has 1 spiro atoms. The zero-order valence-electron chi connectivity index (χ0n) is 11.9. The lowest BCUT2D eigenvalue weighted by atomic mass is 9.67. The number of hydrogen-bond acceptors (Lipinski definition) is 3. The summed E-state index contributed by atoms with van der Waals surface area (Å²) in [5.74, 6) is 0.436. The molecule has 4 heteroatoms. The van der Waals surface area contributed by atoms with E-state index in [0.717, 1.165) is 38.0 Å². The molecule has 3 N–H and O–H groups in total. The first kappa shape index (κ1) is 13.6. The zero-order valence-corrected chi connectivity index (χ0v) is 11.9. The molecule has 0 bridgehead atoms. The summed E-state index contributed by atoms with van der Waals surface area (Å²) in [7, 11) is 0. The Balaban J connectivity index is 1.92. The van der Waals surface area contributed by atoms with Crippen LogP contribution < -0.4 is 10.6 Å². The Kier molecular flexibility index (Phi) is 3.52. The molecule has 4 nitrogen and oxygen atoms in total. The van der Waals surface area contributed by atoms with E-state index in [4.69, 9.17) is 0 Å². The molecule has 2 fully saturated rings. The van der Waals surface area contributed by atoms with E-state index in [2.05, 4.69) is 22.8 Å². The number of hydrogen-bond donors (Lipinski definition) is 3. The SMILES string of the molecule is CC(O)c1ccc(C2CNCCC23CCNC3=O)cc1. The van der Waals surface area contributed by atoms with Crippen LogP contribution in [0.25, 0.3) is 0 Å². The molecule has 2 aliphatic heterocycles. The molecule has 0 saturated carbocycles. The Hall–Kier alpha value is -1.39. The highest BCUT2D eigenvalue weighted by molar-refractivity contribution is 5.86. The largest absolute Gasteiger partial charge is 0.389 e. The van der Waals surface area contributed by atoms with Crippen molar-refractivity contribution in [3.8, 4) is 0 Å². The van der Waals surface area contributed by atoms with Gasteiger partial charge in [0, 0.05) is 19.0 Å². The average molecular weight is 274 g/mol. The summed E-state index contributed by atoms with van der Waals surface area (Å²) in [5, 5.41) is 16.0. The lowest BCUT2D eigenvalue weighted by Crippen LogP contribution is -2.47. The number of benzene rings is 1. The number of aliphatic hydroxyl groups is 1. The van der Waals surface area contributed by atoms with Crippen LogP contribution in [0, 0.1) is 5.41 Å². The maximum absolute atomic E-state index is 12.3. The van der Waals surface area contributed by atoms with E-state index in [9.17, 15) is 9.90 Å². The third kappa shape index (κ3) is 2.13. The molecule has 0 radical (unpaired) electrons. The second-order valence-corrected chi connectivity index (χ2v) is 6.01. The average Bonchev–Trinajstić information content (AvgIpc) is 2.81. The quantitative estimate of drug-likeness (QED) is 0.762. The molecule has 3 atom stereocenters. The zero-order chi connectivity index (χ0) is 14.2. The highest BCUT2D eigenvalue weighted by atomic mass is 16.3. The van der Waals surface area contributed by atoms with Gasteiger partial charge in [-0.15, -0.1) is 0 Å². The fourth-order valence-electron chi connectivity index (χ4n) is 3.63. The van der Waals surface area contributed by atoms with Crippen molar-refractivity contribution in [2.75, 3.05) is 19.6 Å². The fraction of sp³-hybridized carbons (Fsp3) is 0.562. The van der Waals surface area contributed by atoms with Crippen LogP contribution in [0.1, 0.15) is 42.9 Å². The van der Waals surface area contributed by atoms with E-state index in [0.29, 0.717) is 0 Å². The van der Waals surface area contributed by atoms with Crippen molar-refractivity contribution >= 4 is 5.91 Å². The lowest BCUT2D eigenvalue weighted by molar-refractivity contribution is -0.129. The van der Waals surface area contributed by atoms with Gasteiger partial charge in [-0.1, -0.05) is 24.3 Å². The van der Waals surface area contributed by atoms with Crippen molar-refractivity contribution in [1.29, 1.82) is 0 Å². The summed E-state index contributed by atoms with van der Waals surface area (Å²) in [6, 6.07) is 8.06. The van der Waals surface area contributed by atoms with Crippen molar-refractivity contribution < 1.29 is 9.90 Å². The molecule has 1 aromatic rings. The Bertz CT molecular complexity index is 498. The Labute approximate surface area is 119 Å². The van der Waals surface area contributed by atoms with E-state index in [1.54, 1.807) is 6.92 Å². The maximum Gasteiger partial charge on any atom is 0.227 e. The van der Waals surface area contributed by atoms with Gasteiger partial charge in [-0.25, -0.2) is 0 Å². The van der Waals surface area contributed by atoms with Crippen molar-refractivity contribution in [1.82, 2.24) is 10.6 Å². The van der Waals surface area contributed by atoms with Crippen LogP contribution in [-0.4, -0.2) is 30.6 Å². The van der Waals surface area contributed by atoms with Gasteiger partial charge in [0.1, 0.15) is 0 Å². The molecule has 3 rings (SSSR count). The second kappa shape index (κ2) is 5.19. The molecule has 2 saturated heterocycles. The van der Waals surface area contributed by atoms with Crippen LogP contribution in [0.5, 0.6) is 0 Å². The van der Waals surface area contributed by atoms with Crippen molar-refractivity contribution in [2.45, 2.75) is 31.8 Å². The van der Waals surface area contributed by atoms with E-state index in [-0.39, 0.29) is 17.2 Å². The molecular weight excluding hydrogens is 252 g/mol. The van der Waals surface area contributed by atoms with E-state index in [1.807, 2.05) is 12.1 Å². The Morgan fingerprint density at radius 1 is 1.25 bits per heavy atom. The molecular formula is C16H22N2O2. The topological polar surface area (TPSA) is 61.4 Å². The summed E-state index contributed by atoms with van der Waals surface area (Å²) in [6.07, 6.45) is 1.38. The van der Waals surface area contributed by atoms with Crippen LogP contribution >= 0.6 is 0 Å². The Morgan fingerprint density at radius 2 is 1.95 bits per heavy atom. The first-order valence-electron chi connectivity index (χ1n) is 7.40. The van der Waals surface area contributed by atoms with Crippen LogP contribution in [0.15, 0.2) is 24.3 Å². The molecule has 108 valence electrons. The van der Waals surface area contributed by atoms with Gasteiger partial charge in [0.2, 0.25) is 5.91 Å². The molecule has 2 heterocycles. The van der Waals surface area contributed by atoms with Crippen LogP contribution in [-0.2, 0) is 4.79 Å². The van der Waals surface area contributed by atoms with Crippen molar-refractivity contribution in [2.24, 2.45) is 5.41 Å². The van der Waals surface area contributed by atoms with E-state index in [1.165, 1.54) is 5.56 Å². The van der Waals surface area contributed by atoms with E-state index >= 15 is 0 Å². The second-order valence-electron chi connectivity index (χ2n) is 6.01. The molecule has 1 amide bonds. The van der Waals surface area contributed by atoms with Crippen LogP contribution in [0.4, 0.5) is 0 Å². The van der Waals surface area contributed by atoms with Gasteiger partial charge in [-0.3, -0.25) is 4.79 Å². The minimum atomic E-state index is -0.447. The molecule has 1 aromatic carbocycles. The number of carbonyl (C=O) groups is 1. The first-order valence-corrected chi connectivity index (χ1v) is 7.40. The van der Waals surface area contributed by atoms with Crippen molar-refractivity contribution in [3.05, 3.63) is 35.4 Å². The number of amides is 1. The number of piperidine rings is 1. The summed E-state index contributed by atoms with van der Waals surface area (Å²) < 4.78 is 0. The summed E-state index contributed by atoms with van der Waals surface area (Å²) in [6.45, 7) is 4.32. The predicted octanol–water partition coefficient (Wildman–Crippen LogP) is 1.32. The molecule has 0 aromatic heterocycles. The minimum Gasteiger partial charge on any atom is -0.389 e. The highest BCUT2D eigenvalue weighted by Gasteiger charge is 2.50. The predicted molar refractivity (Wildman–Crippen MR) is 77.4 cm³/mol. The third-order valence-electron chi connectivity index (χ3n) is 4.89. The monoisotopic (exact) mass is 274 g/mol. The Morgan fingerprint density at radius 3 is 2.55 bits per heavy atom. The normalized spacial score (nSPS) is 31.3. The van der Waals surface area contributed by atoms with Gasteiger partial charge in [-0.2, -0.15) is 0 Å². The number of nitrogens with one attached hydrogen (secondary N) is 2. The summed E-state index contributed by atoms with van der Waals surface area (Å²) >= 11 is 0. The van der Waals surface area contributed by atoms with Gasteiger partial charge in [-0.05, 0) is 37.4 Å². The lowest BCUT2D eigenvalue weighted by Gasteiger charge is -2.40. The summed E-state index contributed by atoms with van der Waals surface area (Å²) in [4.78, 5) is 12.3. The van der Waals surface area contributed by atoms with Gasteiger partial charge in [0.25, 0.3) is 0 Å². The molecule has 3 unspecified atom stereocenters. The van der Waals surface area contributed by atoms with Gasteiger partial charge < -0.3 is 15.7 Å². The number of aliphatic hydroxyl groups excluding tert-OH is 1. The van der Waals surface area contributed by atoms with Gasteiger partial charge in [0.05, 0.1) is 11.5 Å². The standard InChI is InChI=1S/C16H22N2O2/c1-11(19)12-2-4-13(5-3-12)14-10-17-8-6-16(14)7-9-18-15(16)20/h2-5,11,14,17,19H,6-10H2,1H3,(H,18,20). The highest BCUT2D eigenvalue weighted by Crippen LogP contribution is 2.46. The van der Waals surface area contributed by atoms with Gasteiger partial charge >= 0.3 is 0 Å². The summed E-state index contributed by atoms with van der Waals surface area (Å²) in [5.41, 5.74) is 1.87. The van der Waals surface area contributed by atoms with Gasteiger partial charge in [0.15, 0.2) is 0 Å².